The number of carboxylic acid groups (broad SMARTS) is 1. The Morgan fingerprint density at radius 3 is 2.94 bits per heavy atom. The molecule has 0 spiro atoms. The van der Waals surface area contributed by atoms with E-state index in [2.05, 4.69) is 15.1 Å². The van der Waals surface area contributed by atoms with Gasteiger partial charge in [0, 0.05) is 18.7 Å². The van der Waals surface area contributed by atoms with E-state index < -0.39 is 5.97 Å². The van der Waals surface area contributed by atoms with Gasteiger partial charge < -0.3 is 10.4 Å². The van der Waals surface area contributed by atoms with Crippen molar-refractivity contribution in [1.29, 1.82) is 0 Å². The molecule has 1 aromatic heterocycles. The SMILES string of the molecule is Cc1nn(C2CCNC2)c(C)c1CCC(=O)O. The third kappa shape index (κ3) is 2.49. The maximum absolute atomic E-state index is 10.6. The van der Waals surface area contributed by atoms with Crippen LogP contribution in [-0.4, -0.2) is 33.9 Å². The number of nitrogens with zero attached hydrogens (tertiary/aromatic N) is 2. The number of aromatic nitrogens is 2. The smallest absolute Gasteiger partial charge is 0.303 e. The molecule has 5 heteroatoms. The van der Waals surface area contributed by atoms with Gasteiger partial charge in [0.05, 0.1) is 11.7 Å². The first-order chi connectivity index (χ1) is 8.09. The summed E-state index contributed by atoms with van der Waals surface area (Å²) in [5.41, 5.74) is 3.19. The summed E-state index contributed by atoms with van der Waals surface area (Å²) in [7, 11) is 0. The van der Waals surface area contributed by atoms with Crippen LogP contribution in [0.5, 0.6) is 0 Å². The molecular formula is C12H19N3O2. The molecule has 0 saturated carbocycles. The molecule has 1 aliphatic rings. The Bertz CT molecular complexity index is 420. The maximum Gasteiger partial charge on any atom is 0.303 e. The standard InChI is InChI=1S/C12H19N3O2/c1-8-11(3-4-12(16)17)9(2)15(14-8)10-5-6-13-7-10/h10,13H,3-7H2,1-2H3,(H,16,17). The molecule has 5 nitrogen and oxygen atoms in total. The van der Waals surface area contributed by atoms with Crippen LogP contribution < -0.4 is 5.32 Å². The van der Waals surface area contributed by atoms with Crippen molar-refractivity contribution in [3.63, 3.8) is 0 Å². The average molecular weight is 237 g/mol. The molecule has 0 aliphatic carbocycles. The van der Waals surface area contributed by atoms with Crippen molar-refractivity contribution < 1.29 is 9.90 Å². The first kappa shape index (κ1) is 12.1. The van der Waals surface area contributed by atoms with E-state index >= 15 is 0 Å². The van der Waals surface area contributed by atoms with Crippen LogP contribution in [0.1, 0.15) is 35.8 Å². The van der Waals surface area contributed by atoms with Crippen molar-refractivity contribution in [2.24, 2.45) is 0 Å². The van der Waals surface area contributed by atoms with Gasteiger partial charge in [-0.05, 0) is 38.8 Å². The first-order valence-corrected chi connectivity index (χ1v) is 6.06. The summed E-state index contributed by atoms with van der Waals surface area (Å²) >= 11 is 0. The second-order valence-corrected chi connectivity index (χ2v) is 4.63. The zero-order valence-electron chi connectivity index (χ0n) is 10.4. The lowest BCUT2D eigenvalue weighted by Crippen LogP contribution is -2.15. The summed E-state index contributed by atoms with van der Waals surface area (Å²) < 4.78 is 2.06. The van der Waals surface area contributed by atoms with Gasteiger partial charge in [-0.3, -0.25) is 9.48 Å². The van der Waals surface area contributed by atoms with Crippen molar-refractivity contribution in [2.75, 3.05) is 13.1 Å². The number of carbonyl (C=O) groups is 1. The molecule has 0 aromatic carbocycles. The van der Waals surface area contributed by atoms with Gasteiger partial charge in [0.1, 0.15) is 0 Å². The van der Waals surface area contributed by atoms with Gasteiger partial charge in [-0.25, -0.2) is 0 Å². The molecule has 1 fully saturated rings. The first-order valence-electron chi connectivity index (χ1n) is 6.06. The van der Waals surface area contributed by atoms with Crippen LogP contribution in [0.4, 0.5) is 0 Å². The highest BCUT2D eigenvalue weighted by atomic mass is 16.4. The average Bonchev–Trinajstić information content (AvgIpc) is 2.85. The highest BCUT2D eigenvalue weighted by Crippen LogP contribution is 2.22. The number of rotatable bonds is 4. The molecule has 94 valence electrons. The Morgan fingerprint density at radius 2 is 2.35 bits per heavy atom. The highest BCUT2D eigenvalue weighted by molar-refractivity contribution is 5.67. The molecule has 1 aromatic rings. The van der Waals surface area contributed by atoms with Crippen LogP contribution in [0.2, 0.25) is 0 Å². The molecule has 1 aliphatic heterocycles. The fourth-order valence-corrected chi connectivity index (χ4v) is 2.49. The number of aliphatic carboxylic acids is 1. The molecule has 0 amide bonds. The lowest BCUT2D eigenvalue weighted by Gasteiger charge is -2.11. The molecule has 2 N–H and O–H groups in total. The van der Waals surface area contributed by atoms with Crippen molar-refractivity contribution in [3.05, 3.63) is 17.0 Å². The minimum absolute atomic E-state index is 0.177. The van der Waals surface area contributed by atoms with E-state index in [-0.39, 0.29) is 6.42 Å². The lowest BCUT2D eigenvalue weighted by molar-refractivity contribution is -0.136. The Hall–Kier alpha value is -1.36. The second-order valence-electron chi connectivity index (χ2n) is 4.63. The second kappa shape index (κ2) is 4.87. The van der Waals surface area contributed by atoms with Gasteiger partial charge in [-0.1, -0.05) is 0 Å². The van der Waals surface area contributed by atoms with Crippen LogP contribution >= 0.6 is 0 Å². The van der Waals surface area contributed by atoms with Gasteiger partial charge in [-0.2, -0.15) is 5.10 Å². The number of carboxylic acids is 1. The summed E-state index contributed by atoms with van der Waals surface area (Å²) in [5.74, 6) is -0.751. The lowest BCUT2D eigenvalue weighted by atomic mass is 10.1. The third-order valence-corrected chi connectivity index (χ3v) is 3.44. The van der Waals surface area contributed by atoms with E-state index in [4.69, 9.17) is 5.11 Å². The zero-order valence-corrected chi connectivity index (χ0v) is 10.4. The van der Waals surface area contributed by atoms with Gasteiger partial charge in [-0.15, -0.1) is 0 Å². The van der Waals surface area contributed by atoms with Crippen LogP contribution in [0.15, 0.2) is 0 Å². The third-order valence-electron chi connectivity index (χ3n) is 3.44. The topological polar surface area (TPSA) is 67.2 Å². The van der Waals surface area contributed by atoms with Crippen molar-refractivity contribution in [2.45, 2.75) is 39.2 Å². The van der Waals surface area contributed by atoms with Crippen LogP contribution in [-0.2, 0) is 11.2 Å². The summed E-state index contributed by atoms with van der Waals surface area (Å²) in [5, 5.41) is 16.6. The number of aryl methyl sites for hydroxylation is 1. The summed E-state index contributed by atoms with van der Waals surface area (Å²) in [6.07, 6.45) is 1.85. The van der Waals surface area contributed by atoms with Gasteiger partial charge in [0.15, 0.2) is 0 Å². The van der Waals surface area contributed by atoms with Crippen LogP contribution in [0.3, 0.4) is 0 Å². The summed E-state index contributed by atoms with van der Waals surface area (Å²) in [4.78, 5) is 10.6. The Morgan fingerprint density at radius 1 is 1.59 bits per heavy atom. The van der Waals surface area contributed by atoms with Gasteiger partial charge in [0.2, 0.25) is 0 Å². The fourth-order valence-electron chi connectivity index (χ4n) is 2.49. The molecule has 1 atom stereocenters. The predicted molar refractivity (Wildman–Crippen MR) is 64.2 cm³/mol. The maximum atomic E-state index is 10.6. The van der Waals surface area contributed by atoms with Crippen LogP contribution in [0, 0.1) is 13.8 Å². The molecule has 1 unspecified atom stereocenters. The van der Waals surface area contributed by atoms with Crippen LogP contribution in [0.25, 0.3) is 0 Å². The normalized spacial score (nSPS) is 19.8. The van der Waals surface area contributed by atoms with Gasteiger partial charge >= 0.3 is 5.97 Å². The minimum atomic E-state index is -0.751. The fraction of sp³-hybridized carbons (Fsp3) is 0.667. The zero-order chi connectivity index (χ0) is 12.4. The number of nitrogens with one attached hydrogen (secondary N) is 1. The Labute approximate surface area is 101 Å². The Kier molecular flexibility index (Phi) is 3.47. The van der Waals surface area contributed by atoms with E-state index in [9.17, 15) is 4.79 Å². The molecule has 1 saturated heterocycles. The van der Waals surface area contributed by atoms with E-state index in [0.29, 0.717) is 12.5 Å². The molecule has 17 heavy (non-hydrogen) atoms. The molecule has 2 rings (SSSR count). The van der Waals surface area contributed by atoms with Crippen molar-refractivity contribution in [1.82, 2.24) is 15.1 Å². The summed E-state index contributed by atoms with van der Waals surface area (Å²) in [6, 6.07) is 0.423. The molecule has 0 radical (unpaired) electrons. The van der Waals surface area contributed by atoms with E-state index in [1.54, 1.807) is 0 Å². The largest absolute Gasteiger partial charge is 0.481 e. The van der Waals surface area contributed by atoms with Gasteiger partial charge in [0.25, 0.3) is 0 Å². The monoisotopic (exact) mass is 237 g/mol. The van der Waals surface area contributed by atoms with Crippen molar-refractivity contribution in [3.8, 4) is 0 Å². The predicted octanol–water partition coefficient (Wildman–Crippen LogP) is 1.05. The highest BCUT2D eigenvalue weighted by Gasteiger charge is 2.21. The number of hydrogen-bond acceptors (Lipinski definition) is 3. The minimum Gasteiger partial charge on any atom is -0.481 e. The number of hydrogen-bond donors (Lipinski definition) is 2. The Balaban J connectivity index is 2.18. The molecule has 0 bridgehead atoms. The molecule has 2 heterocycles. The van der Waals surface area contributed by atoms with E-state index in [1.807, 2.05) is 13.8 Å². The summed E-state index contributed by atoms with van der Waals surface area (Å²) in [6.45, 7) is 5.99. The van der Waals surface area contributed by atoms with E-state index in [1.165, 1.54) is 0 Å². The quantitative estimate of drug-likeness (QED) is 0.821. The van der Waals surface area contributed by atoms with E-state index in [0.717, 1.165) is 36.5 Å². The molecular weight excluding hydrogens is 218 g/mol. The van der Waals surface area contributed by atoms with Crippen molar-refractivity contribution >= 4 is 5.97 Å².